The van der Waals surface area contributed by atoms with Gasteiger partial charge < -0.3 is 10.1 Å². The monoisotopic (exact) mass is 464 g/mol. The molecular formula is C19H14BrClN2O3S. The van der Waals surface area contributed by atoms with E-state index < -0.39 is 5.91 Å². The van der Waals surface area contributed by atoms with Gasteiger partial charge in [-0.2, -0.15) is 4.99 Å². The van der Waals surface area contributed by atoms with Gasteiger partial charge in [0.1, 0.15) is 12.4 Å². The summed E-state index contributed by atoms with van der Waals surface area (Å²) in [6, 6.07) is 13.0. The molecule has 1 heterocycles. The summed E-state index contributed by atoms with van der Waals surface area (Å²) >= 11 is 10.6. The van der Waals surface area contributed by atoms with Crippen LogP contribution >= 0.6 is 39.3 Å². The van der Waals surface area contributed by atoms with Gasteiger partial charge in [-0.25, -0.2) is 0 Å². The van der Waals surface area contributed by atoms with Crippen molar-refractivity contribution in [3.63, 3.8) is 0 Å². The van der Waals surface area contributed by atoms with Crippen LogP contribution in [0.5, 0.6) is 5.75 Å². The number of hydrogen-bond acceptors (Lipinski definition) is 4. The molecule has 0 spiro atoms. The zero-order valence-electron chi connectivity index (χ0n) is 14.2. The molecule has 138 valence electrons. The van der Waals surface area contributed by atoms with Gasteiger partial charge in [0.25, 0.3) is 5.91 Å². The van der Waals surface area contributed by atoms with Crippen molar-refractivity contribution in [2.45, 2.75) is 13.5 Å². The normalized spacial score (nSPS) is 15.0. The maximum atomic E-state index is 12.1. The SMILES string of the molecule is CC(=O)NC1=NC(=O)C(=Cc2cc(Cl)ccc2OCc2ccc(Br)cc2)S1. The van der Waals surface area contributed by atoms with Crippen molar-refractivity contribution in [3.05, 3.63) is 68.0 Å². The number of benzene rings is 2. The summed E-state index contributed by atoms with van der Waals surface area (Å²) in [7, 11) is 0. The van der Waals surface area contributed by atoms with Crippen LogP contribution in [0.2, 0.25) is 5.02 Å². The van der Waals surface area contributed by atoms with Gasteiger partial charge in [0.2, 0.25) is 5.91 Å². The van der Waals surface area contributed by atoms with Crippen LogP contribution in [0.1, 0.15) is 18.1 Å². The number of amides is 2. The number of nitrogens with zero attached hydrogens (tertiary/aromatic N) is 1. The fourth-order valence-electron chi connectivity index (χ4n) is 2.26. The van der Waals surface area contributed by atoms with Crippen molar-refractivity contribution < 1.29 is 14.3 Å². The van der Waals surface area contributed by atoms with E-state index in [-0.39, 0.29) is 11.1 Å². The van der Waals surface area contributed by atoms with E-state index in [1.165, 1.54) is 6.92 Å². The van der Waals surface area contributed by atoms with E-state index >= 15 is 0 Å². The van der Waals surface area contributed by atoms with Gasteiger partial charge in [-0.1, -0.05) is 39.7 Å². The molecule has 0 radical (unpaired) electrons. The Morgan fingerprint density at radius 1 is 1.30 bits per heavy atom. The van der Waals surface area contributed by atoms with Crippen LogP contribution in [0.4, 0.5) is 0 Å². The lowest BCUT2D eigenvalue weighted by Gasteiger charge is -2.10. The Balaban J connectivity index is 1.79. The molecule has 0 saturated carbocycles. The van der Waals surface area contributed by atoms with E-state index in [4.69, 9.17) is 16.3 Å². The standard InChI is InChI=1S/C19H14BrClN2O3S/c1-11(24)22-19-23-18(25)17(27-19)9-13-8-15(21)6-7-16(13)26-10-12-2-4-14(20)5-3-12/h2-9H,10H2,1H3,(H,22,23,24,25). The molecule has 1 aliphatic heterocycles. The van der Waals surface area contributed by atoms with Gasteiger partial charge in [-0.15, -0.1) is 0 Å². The largest absolute Gasteiger partial charge is 0.488 e. The molecule has 2 aromatic carbocycles. The lowest BCUT2D eigenvalue weighted by atomic mass is 10.1. The first-order valence-corrected chi connectivity index (χ1v) is 9.86. The lowest BCUT2D eigenvalue weighted by Crippen LogP contribution is -2.23. The molecular weight excluding hydrogens is 452 g/mol. The molecule has 1 aliphatic rings. The molecule has 0 atom stereocenters. The highest BCUT2D eigenvalue weighted by molar-refractivity contribution is 9.10. The first kappa shape index (κ1) is 19.7. The third-order valence-electron chi connectivity index (χ3n) is 3.47. The predicted octanol–water partition coefficient (Wildman–Crippen LogP) is 4.79. The first-order chi connectivity index (χ1) is 12.9. The smallest absolute Gasteiger partial charge is 0.286 e. The summed E-state index contributed by atoms with van der Waals surface area (Å²) in [5, 5.41) is 3.30. The Hall–Kier alpha value is -2.09. The van der Waals surface area contributed by atoms with Crippen molar-refractivity contribution in [2.75, 3.05) is 0 Å². The molecule has 2 amide bonds. The fraction of sp³-hybridized carbons (Fsp3) is 0.105. The molecule has 0 bridgehead atoms. The number of amidine groups is 1. The molecule has 0 saturated heterocycles. The molecule has 1 N–H and O–H groups in total. The Morgan fingerprint density at radius 3 is 2.74 bits per heavy atom. The average Bonchev–Trinajstić information content (AvgIpc) is 2.94. The summed E-state index contributed by atoms with van der Waals surface area (Å²) in [5.74, 6) is -0.102. The van der Waals surface area contributed by atoms with Gasteiger partial charge in [0.15, 0.2) is 5.17 Å². The lowest BCUT2D eigenvalue weighted by molar-refractivity contribution is -0.117. The highest BCUT2D eigenvalue weighted by Crippen LogP contribution is 2.32. The Morgan fingerprint density at radius 2 is 2.04 bits per heavy atom. The molecule has 27 heavy (non-hydrogen) atoms. The molecule has 0 aromatic heterocycles. The van der Waals surface area contributed by atoms with Crippen LogP contribution in [-0.4, -0.2) is 17.0 Å². The van der Waals surface area contributed by atoms with Crippen molar-refractivity contribution in [2.24, 2.45) is 4.99 Å². The molecule has 5 nitrogen and oxygen atoms in total. The minimum Gasteiger partial charge on any atom is -0.488 e. The summed E-state index contributed by atoms with van der Waals surface area (Å²) in [5.41, 5.74) is 1.67. The molecule has 0 aliphatic carbocycles. The van der Waals surface area contributed by atoms with Crippen LogP contribution in [0.25, 0.3) is 6.08 Å². The number of halogens is 2. The summed E-state index contributed by atoms with van der Waals surface area (Å²) in [6.07, 6.45) is 1.66. The van der Waals surface area contributed by atoms with E-state index in [2.05, 4.69) is 26.2 Å². The first-order valence-electron chi connectivity index (χ1n) is 7.87. The molecule has 8 heteroatoms. The zero-order valence-corrected chi connectivity index (χ0v) is 17.3. The maximum Gasteiger partial charge on any atom is 0.286 e. The molecule has 0 fully saturated rings. The molecule has 2 aromatic rings. The van der Waals surface area contributed by atoms with Crippen LogP contribution in [0.15, 0.2) is 56.8 Å². The highest BCUT2D eigenvalue weighted by atomic mass is 79.9. The van der Waals surface area contributed by atoms with Crippen molar-refractivity contribution in [3.8, 4) is 5.75 Å². The Kier molecular flexibility index (Phi) is 6.36. The zero-order chi connectivity index (χ0) is 19.4. The third-order valence-corrected chi connectivity index (χ3v) is 5.13. The van der Waals surface area contributed by atoms with Gasteiger partial charge in [0.05, 0.1) is 4.91 Å². The number of rotatable bonds is 4. The maximum absolute atomic E-state index is 12.1. The topological polar surface area (TPSA) is 67.8 Å². The minimum atomic E-state index is -0.414. The van der Waals surface area contributed by atoms with Gasteiger partial charge in [0, 0.05) is 22.0 Å². The van der Waals surface area contributed by atoms with E-state index in [1.807, 2.05) is 24.3 Å². The summed E-state index contributed by atoms with van der Waals surface area (Å²) < 4.78 is 6.90. The second-order valence-electron chi connectivity index (χ2n) is 5.61. The number of carbonyl (C=O) groups is 2. The molecule has 3 rings (SSSR count). The Labute approximate surface area is 174 Å². The second kappa shape index (κ2) is 8.73. The van der Waals surface area contributed by atoms with Crippen LogP contribution in [-0.2, 0) is 16.2 Å². The number of ether oxygens (including phenoxy) is 1. The van der Waals surface area contributed by atoms with Gasteiger partial charge in [-0.05, 0) is 53.7 Å². The fourth-order valence-corrected chi connectivity index (χ4v) is 3.56. The van der Waals surface area contributed by atoms with Gasteiger partial charge >= 0.3 is 0 Å². The summed E-state index contributed by atoms with van der Waals surface area (Å²) in [6.45, 7) is 1.74. The second-order valence-corrected chi connectivity index (χ2v) is 7.99. The minimum absolute atomic E-state index is 0.262. The number of aliphatic imine (C=N–C) groups is 1. The summed E-state index contributed by atoms with van der Waals surface area (Å²) in [4.78, 5) is 27.4. The van der Waals surface area contributed by atoms with E-state index in [0.717, 1.165) is 21.8 Å². The number of carbonyl (C=O) groups excluding carboxylic acids is 2. The van der Waals surface area contributed by atoms with E-state index in [1.54, 1.807) is 24.3 Å². The van der Waals surface area contributed by atoms with Crippen LogP contribution in [0.3, 0.4) is 0 Å². The van der Waals surface area contributed by atoms with E-state index in [0.29, 0.717) is 27.8 Å². The average molecular weight is 466 g/mol. The number of hydrogen-bond donors (Lipinski definition) is 1. The Bertz CT molecular complexity index is 958. The van der Waals surface area contributed by atoms with Crippen molar-refractivity contribution in [1.29, 1.82) is 0 Å². The van der Waals surface area contributed by atoms with Crippen molar-refractivity contribution in [1.82, 2.24) is 5.32 Å². The van der Waals surface area contributed by atoms with E-state index in [9.17, 15) is 9.59 Å². The van der Waals surface area contributed by atoms with Crippen LogP contribution < -0.4 is 10.1 Å². The highest BCUT2D eigenvalue weighted by Gasteiger charge is 2.23. The molecule has 0 unspecified atom stereocenters. The van der Waals surface area contributed by atoms with Gasteiger partial charge in [-0.3, -0.25) is 9.59 Å². The third kappa shape index (κ3) is 5.45. The quantitative estimate of drug-likeness (QED) is 0.659. The van der Waals surface area contributed by atoms with Crippen LogP contribution in [0, 0.1) is 0 Å². The number of thioether (sulfide) groups is 1. The predicted molar refractivity (Wildman–Crippen MR) is 112 cm³/mol. The van der Waals surface area contributed by atoms with Crippen molar-refractivity contribution >= 4 is 62.4 Å². The number of nitrogens with one attached hydrogen (secondary N) is 1.